The molecule has 1 aliphatic heterocycles. The number of carbonyl (C=O) groups is 2. The molecule has 0 atom stereocenters. The Morgan fingerprint density at radius 2 is 1.67 bits per heavy atom. The lowest BCUT2D eigenvalue weighted by atomic mass is 10.0. The molecule has 1 saturated heterocycles. The van der Waals surface area contributed by atoms with E-state index in [1.165, 1.54) is 0 Å². The molecule has 1 saturated carbocycles. The van der Waals surface area contributed by atoms with E-state index >= 15 is 0 Å². The summed E-state index contributed by atoms with van der Waals surface area (Å²) in [6.45, 7) is 1.45. The molecule has 0 radical (unpaired) electrons. The predicted octanol–water partition coefficient (Wildman–Crippen LogP) is 2.42. The summed E-state index contributed by atoms with van der Waals surface area (Å²) in [6.07, 6.45) is 3.79. The molecule has 2 fully saturated rings. The van der Waals surface area contributed by atoms with E-state index in [0.29, 0.717) is 0 Å². The number of carbonyl (C=O) groups excluding carboxylic acids is 2. The van der Waals surface area contributed by atoms with Crippen LogP contribution in [0.15, 0.2) is 24.3 Å². The maximum atomic E-state index is 12.4. The fraction of sp³-hybridized carbons (Fsp3) is 0.500. The van der Waals surface area contributed by atoms with Gasteiger partial charge in [0.15, 0.2) is 0 Å². The SMILES string of the molecule is O=C(NC1CCN(C(=O)c2ccc(I)cc2)CC1)C1CC1. The average Bonchev–Trinajstić information content (AvgIpc) is 3.33. The zero-order valence-corrected chi connectivity index (χ0v) is 14.0. The average molecular weight is 398 g/mol. The molecule has 112 valence electrons. The smallest absolute Gasteiger partial charge is 0.253 e. The molecule has 5 heteroatoms. The van der Waals surface area contributed by atoms with Crippen LogP contribution in [0.25, 0.3) is 0 Å². The van der Waals surface area contributed by atoms with E-state index in [1.807, 2.05) is 29.2 Å². The van der Waals surface area contributed by atoms with Crippen molar-refractivity contribution >= 4 is 34.4 Å². The molecular weight excluding hydrogens is 379 g/mol. The van der Waals surface area contributed by atoms with Gasteiger partial charge in [0.25, 0.3) is 5.91 Å². The standard InChI is InChI=1S/C16H19IN2O2/c17-13-5-3-12(4-6-13)16(21)19-9-7-14(8-10-19)18-15(20)11-1-2-11/h3-6,11,14H,1-2,7-10H2,(H,18,20). The van der Waals surface area contributed by atoms with Gasteiger partial charge >= 0.3 is 0 Å². The quantitative estimate of drug-likeness (QED) is 0.796. The van der Waals surface area contributed by atoms with Crippen molar-refractivity contribution in [2.45, 2.75) is 31.7 Å². The van der Waals surface area contributed by atoms with Crippen LogP contribution < -0.4 is 5.32 Å². The largest absolute Gasteiger partial charge is 0.353 e. The summed E-state index contributed by atoms with van der Waals surface area (Å²) in [7, 11) is 0. The first-order chi connectivity index (χ1) is 10.1. The van der Waals surface area contributed by atoms with Crippen LogP contribution in [0.5, 0.6) is 0 Å². The lowest BCUT2D eigenvalue weighted by molar-refractivity contribution is -0.123. The molecule has 0 aromatic heterocycles. The molecular formula is C16H19IN2O2. The molecule has 3 rings (SSSR count). The number of rotatable bonds is 3. The van der Waals surface area contributed by atoms with Crippen molar-refractivity contribution in [3.8, 4) is 0 Å². The van der Waals surface area contributed by atoms with E-state index in [2.05, 4.69) is 27.9 Å². The molecule has 4 nitrogen and oxygen atoms in total. The summed E-state index contributed by atoms with van der Waals surface area (Å²) in [5.41, 5.74) is 0.746. The Hall–Kier alpha value is -1.11. The van der Waals surface area contributed by atoms with E-state index in [-0.39, 0.29) is 23.8 Å². The van der Waals surface area contributed by atoms with Crippen molar-refractivity contribution in [3.05, 3.63) is 33.4 Å². The normalized spacial score (nSPS) is 19.4. The number of nitrogens with one attached hydrogen (secondary N) is 1. The van der Waals surface area contributed by atoms with Crippen LogP contribution in [0.2, 0.25) is 0 Å². The fourth-order valence-corrected chi connectivity index (χ4v) is 3.03. The number of nitrogens with zero attached hydrogens (tertiary/aromatic N) is 1. The minimum absolute atomic E-state index is 0.0957. The molecule has 1 aromatic carbocycles. The number of hydrogen-bond acceptors (Lipinski definition) is 2. The van der Waals surface area contributed by atoms with Gasteiger partial charge in [0.05, 0.1) is 0 Å². The molecule has 0 bridgehead atoms. The van der Waals surface area contributed by atoms with E-state index in [9.17, 15) is 9.59 Å². The zero-order valence-electron chi connectivity index (χ0n) is 11.8. The molecule has 21 heavy (non-hydrogen) atoms. The summed E-state index contributed by atoms with van der Waals surface area (Å²) < 4.78 is 1.13. The first-order valence-corrected chi connectivity index (χ1v) is 8.56. The van der Waals surface area contributed by atoms with E-state index in [1.54, 1.807) is 0 Å². The topological polar surface area (TPSA) is 49.4 Å². The second-order valence-electron chi connectivity index (χ2n) is 5.86. The fourth-order valence-electron chi connectivity index (χ4n) is 2.67. The van der Waals surface area contributed by atoms with Crippen molar-refractivity contribution in [2.75, 3.05) is 13.1 Å². The maximum absolute atomic E-state index is 12.4. The summed E-state index contributed by atoms with van der Waals surface area (Å²) >= 11 is 2.23. The lowest BCUT2D eigenvalue weighted by Crippen LogP contribution is -2.46. The minimum atomic E-state index is 0.0957. The van der Waals surface area contributed by atoms with Gasteiger partial charge in [0.1, 0.15) is 0 Å². The van der Waals surface area contributed by atoms with Crippen LogP contribution in [0.4, 0.5) is 0 Å². The van der Waals surface area contributed by atoms with Gasteiger partial charge < -0.3 is 10.2 Å². The van der Waals surface area contributed by atoms with Gasteiger partial charge in [-0.05, 0) is 72.5 Å². The summed E-state index contributed by atoms with van der Waals surface area (Å²) in [5, 5.41) is 3.11. The Morgan fingerprint density at radius 3 is 2.24 bits per heavy atom. The highest BCUT2D eigenvalue weighted by atomic mass is 127. The number of hydrogen-bond donors (Lipinski definition) is 1. The molecule has 1 heterocycles. The van der Waals surface area contributed by atoms with Gasteiger partial charge in [-0.25, -0.2) is 0 Å². The third kappa shape index (κ3) is 3.75. The van der Waals surface area contributed by atoms with Crippen LogP contribution in [-0.2, 0) is 4.79 Å². The highest BCUT2D eigenvalue weighted by Gasteiger charge is 2.32. The third-order valence-electron chi connectivity index (χ3n) is 4.17. The number of halogens is 1. The van der Waals surface area contributed by atoms with Crippen LogP contribution in [0, 0.1) is 9.49 Å². The second kappa shape index (κ2) is 6.34. The van der Waals surface area contributed by atoms with Gasteiger partial charge in [-0.15, -0.1) is 0 Å². The Bertz CT molecular complexity index is 532. The van der Waals surface area contributed by atoms with Gasteiger partial charge in [0.2, 0.25) is 5.91 Å². The Labute approximate surface area is 138 Å². The van der Waals surface area contributed by atoms with Crippen LogP contribution >= 0.6 is 22.6 Å². The summed E-state index contributed by atoms with van der Waals surface area (Å²) in [6, 6.07) is 7.90. The van der Waals surface area contributed by atoms with Gasteiger partial charge in [-0.3, -0.25) is 9.59 Å². The molecule has 0 spiro atoms. The van der Waals surface area contributed by atoms with E-state index in [4.69, 9.17) is 0 Å². The third-order valence-corrected chi connectivity index (χ3v) is 4.89. The first-order valence-electron chi connectivity index (χ1n) is 7.49. The van der Waals surface area contributed by atoms with E-state index in [0.717, 1.165) is 47.9 Å². The molecule has 1 N–H and O–H groups in total. The Balaban J connectivity index is 1.51. The molecule has 1 aromatic rings. The van der Waals surface area contributed by atoms with Crippen molar-refractivity contribution in [1.29, 1.82) is 0 Å². The van der Waals surface area contributed by atoms with Gasteiger partial charge in [0, 0.05) is 34.2 Å². The first kappa shape index (κ1) is 14.8. The van der Waals surface area contributed by atoms with Crippen molar-refractivity contribution in [1.82, 2.24) is 10.2 Å². The van der Waals surface area contributed by atoms with Gasteiger partial charge in [-0.2, -0.15) is 0 Å². The number of amides is 2. The second-order valence-corrected chi connectivity index (χ2v) is 7.10. The van der Waals surface area contributed by atoms with Crippen LogP contribution in [0.3, 0.4) is 0 Å². The number of likely N-dealkylation sites (tertiary alicyclic amines) is 1. The van der Waals surface area contributed by atoms with Crippen LogP contribution in [0.1, 0.15) is 36.0 Å². The monoisotopic (exact) mass is 398 g/mol. The van der Waals surface area contributed by atoms with Crippen molar-refractivity contribution in [2.24, 2.45) is 5.92 Å². The van der Waals surface area contributed by atoms with Crippen molar-refractivity contribution < 1.29 is 9.59 Å². The minimum Gasteiger partial charge on any atom is -0.353 e. The highest BCUT2D eigenvalue weighted by molar-refractivity contribution is 14.1. The molecule has 0 unspecified atom stereocenters. The molecule has 1 aliphatic carbocycles. The molecule has 2 amide bonds. The Kier molecular flexibility index (Phi) is 4.47. The maximum Gasteiger partial charge on any atom is 0.253 e. The van der Waals surface area contributed by atoms with Gasteiger partial charge in [-0.1, -0.05) is 0 Å². The predicted molar refractivity (Wildman–Crippen MR) is 89.0 cm³/mol. The highest BCUT2D eigenvalue weighted by Crippen LogP contribution is 2.29. The number of piperidine rings is 1. The van der Waals surface area contributed by atoms with Crippen LogP contribution in [-0.4, -0.2) is 35.8 Å². The zero-order chi connectivity index (χ0) is 14.8. The van der Waals surface area contributed by atoms with E-state index < -0.39 is 0 Å². The summed E-state index contributed by atoms with van der Waals surface area (Å²) in [4.78, 5) is 26.0. The number of benzene rings is 1. The molecule has 2 aliphatic rings. The lowest BCUT2D eigenvalue weighted by Gasteiger charge is -2.32. The summed E-state index contributed by atoms with van der Waals surface area (Å²) in [5.74, 6) is 0.562. The van der Waals surface area contributed by atoms with Crippen molar-refractivity contribution in [3.63, 3.8) is 0 Å². The Morgan fingerprint density at radius 1 is 1.05 bits per heavy atom.